The predicted molar refractivity (Wildman–Crippen MR) is 158 cm³/mol. The highest BCUT2D eigenvalue weighted by atomic mass is 32.2. The molecule has 222 valence electrons. The van der Waals surface area contributed by atoms with Gasteiger partial charge in [0.1, 0.15) is 35.4 Å². The fourth-order valence-corrected chi connectivity index (χ4v) is 5.51. The number of carboxylic acids is 2. The van der Waals surface area contributed by atoms with Crippen LogP contribution >= 0.6 is 23.5 Å². The Morgan fingerprint density at radius 3 is 1.40 bits per heavy atom. The quantitative estimate of drug-likeness (QED) is 0.153. The van der Waals surface area contributed by atoms with Gasteiger partial charge < -0.3 is 30.3 Å². The number of nitriles is 4. The minimum absolute atomic E-state index is 0.0409. The normalized spacial score (nSPS) is 9.71. The van der Waals surface area contributed by atoms with Gasteiger partial charge >= 0.3 is 11.9 Å². The number of methoxy groups -OCH3 is 1. The van der Waals surface area contributed by atoms with Crippen LogP contribution in [0, 0.1) is 45.3 Å². The molecule has 0 saturated heterocycles. The lowest BCUT2D eigenvalue weighted by molar-refractivity contribution is 0.0686. The zero-order valence-electron chi connectivity index (χ0n) is 22.8. The summed E-state index contributed by atoms with van der Waals surface area (Å²) < 4.78 is 4.95. The lowest BCUT2D eigenvalue weighted by atomic mass is 10.1. The van der Waals surface area contributed by atoms with Gasteiger partial charge in [-0.15, -0.1) is 0 Å². The fraction of sp³-hybridized carbons (Fsp3) is 0.0323. The number of phenols is 3. The van der Waals surface area contributed by atoms with E-state index in [2.05, 4.69) is 0 Å². The highest BCUT2D eigenvalue weighted by Crippen LogP contribution is 2.43. The van der Waals surface area contributed by atoms with Gasteiger partial charge in [-0.05, 0) is 48.5 Å². The maximum atomic E-state index is 10.8. The molecular formula is C31H18N4O8S2. The Morgan fingerprint density at radius 2 is 1.04 bits per heavy atom. The van der Waals surface area contributed by atoms with Crippen molar-refractivity contribution in [3.8, 4) is 47.3 Å². The summed E-state index contributed by atoms with van der Waals surface area (Å²) in [6, 6.07) is 21.7. The summed E-state index contributed by atoms with van der Waals surface area (Å²) in [7, 11) is 1.33. The number of hydrogen-bond donors (Lipinski definition) is 5. The Hall–Kier alpha value is -6.32. The number of aromatic carboxylic acids is 2. The van der Waals surface area contributed by atoms with Gasteiger partial charge in [0.15, 0.2) is 23.0 Å². The second-order valence-electron chi connectivity index (χ2n) is 8.49. The number of nitrogens with zero attached hydrogens (tertiary/aromatic N) is 4. The third kappa shape index (κ3) is 7.56. The van der Waals surface area contributed by atoms with Gasteiger partial charge in [0.25, 0.3) is 0 Å². The van der Waals surface area contributed by atoms with Crippen LogP contribution in [0.4, 0.5) is 0 Å². The van der Waals surface area contributed by atoms with Gasteiger partial charge in [-0.1, -0.05) is 23.5 Å². The van der Waals surface area contributed by atoms with E-state index in [1.165, 1.54) is 49.6 Å². The van der Waals surface area contributed by atoms with E-state index in [1.807, 2.05) is 18.2 Å². The second kappa shape index (κ2) is 14.7. The molecule has 4 rings (SSSR count). The van der Waals surface area contributed by atoms with Crippen LogP contribution in [0.15, 0.2) is 80.2 Å². The number of benzene rings is 4. The van der Waals surface area contributed by atoms with Crippen LogP contribution < -0.4 is 4.74 Å². The summed E-state index contributed by atoms with van der Waals surface area (Å²) >= 11 is 2.11. The van der Waals surface area contributed by atoms with Gasteiger partial charge in [0.2, 0.25) is 0 Å². The number of carbonyl (C=O) groups is 2. The van der Waals surface area contributed by atoms with E-state index in [4.69, 9.17) is 25.5 Å². The molecule has 4 aromatic carbocycles. The largest absolute Gasteiger partial charge is 0.504 e. The van der Waals surface area contributed by atoms with Crippen molar-refractivity contribution >= 4 is 35.5 Å². The van der Waals surface area contributed by atoms with Crippen LogP contribution in [0.25, 0.3) is 0 Å². The lowest BCUT2D eigenvalue weighted by Gasteiger charge is -2.11. The molecular weight excluding hydrogens is 620 g/mol. The topological polar surface area (TPSA) is 240 Å². The zero-order valence-corrected chi connectivity index (χ0v) is 24.5. The number of phenolic OH excluding ortho intramolecular Hbond substituents is 3. The standard InChI is InChI=1S/C16H10N2O4S.C15H8N2O4S/c1-22-13-6-10(7-17)15(12(8-18)14(13)19)23-11-4-2-9(3-5-11)16(20)21;16-6-9-5-12(18)13(19)11(7-17)14(9)22-10-3-1-8(2-4-10)15(20)21/h2-6,19H,1H3,(H,20,21);1-5,18-19H,(H,20,21). The Bertz CT molecular complexity index is 1970. The summed E-state index contributed by atoms with van der Waals surface area (Å²) in [6.07, 6.45) is 0. The van der Waals surface area contributed by atoms with E-state index >= 15 is 0 Å². The minimum Gasteiger partial charge on any atom is -0.504 e. The Labute approximate surface area is 263 Å². The Kier molecular flexibility index (Phi) is 10.9. The summed E-state index contributed by atoms with van der Waals surface area (Å²) in [5, 5.41) is 83.7. The summed E-state index contributed by atoms with van der Waals surface area (Å²) in [5.74, 6) is -3.53. The first-order chi connectivity index (χ1) is 21.5. The van der Waals surface area contributed by atoms with Crippen LogP contribution in [0.3, 0.4) is 0 Å². The van der Waals surface area contributed by atoms with Crippen molar-refractivity contribution in [2.24, 2.45) is 0 Å². The molecule has 0 bridgehead atoms. The number of carboxylic acid groups (broad SMARTS) is 2. The molecule has 0 heterocycles. The average molecular weight is 639 g/mol. The molecule has 14 heteroatoms. The van der Waals surface area contributed by atoms with Crippen molar-refractivity contribution in [3.05, 3.63) is 94.0 Å². The predicted octanol–water partition coefficient (Wildman–Crippen LogP) is 5.68. The van der Waals surface area contributed by atoms with Crippen molar-refractivity contribution in [3.63, 3.8) is 0 Å². The first kappa shape index (κ1) is 33.2. The highest BCUT2D eigenvalue weighted by Gasteiger charge is 2.20. The fourth-order valence-electron chi connectivity index (χ4n) is 3.58. The molecule has 0 fully saturated rings. The maximum absolute atomic E-state index is 10.8. The van der Waals surface area contributed by atoms with E-state index in [1.54, 1.807) is 18.2 Å². The highest BCUT2D eigenvalue weighted by molar-refractivity contribution is 7.99. The number of rotatable bonds is 7. The molecule has 0 spiro atoms. The van der Waals surface area contributed by atoms with E-state index < -0.39 is 23.4 Å². The molecule has 0 aliphatic carbocycles. The van der Waals surface area contributed by atoms with Crippen LogP contribution in [0.5, 0.6) is 23.0 Å². The molecule has 45 heavy (non-hydrogen) atoms. The molecule has 0 saturated carbocycles. The van der Waals surface area contributed by atoms with Gasteiger partial charge in [-0.2, -0.15) is 21.0 Å². The first-order valence-corrected chi connectivity index (χ1v) is 13.8. The molecule has 0 amide bonds. The van der Waals surface area contributed by atoms with Gasteiger partial charge in [-0.3, -0.25) is 0 Å². The second-order valence-corrected chi connectivity index (χ2v) is 10.7. The van der Waals surface area contributed by atoms with Crippen LogP contribution in [-0.4, -0.2) is 44.6 Å². The first-order valence-electron chi connectivity index (χ1n) is 12.1. The zero-order chi connectivity index (χ0) is 33.3. The van der Waals surface area contributed by atoms with Crippen molar-refractivity contribution in [2.75, 3.05) is 7.11 Å². The monoisotopic (exact) mass is 638 g/mol. The van der Waals surface area contributed by atoms with Crippen molar-refractivity contribution in [1.29, 1.82) is 21.0 Å². The summed E-state index contributed by atoms with van der Waals surface area (Å²) in [6.45, 7) is 0. The number of ether oxygens (including phenoxy) is 1. The molecule has 0 unspecified atom stereocenters. The van der Waals surface area contributed by atoms with Crippen molar-refractivity contribution in [1.82, 2.24) is 0 Å². The molecule has 0 aromatic heterocycles. The number of aromatic hydroxyl groups is 3. The SMILES string of the molecule is COc1cc(C#N)c(Sc2ccc(C(=O)O)cc2)c(C#N)c1O.N#Cc1cc(O)c(O)c(C#N)c1Sc1ccc(C(=O)O)cc1. The molecule has 0 aliphatic rings. The van der Waals surface area contributed by atoms with Crippen molar-refractivity contribution in [2.45, 2.75) is 19.6 Å². The van der Waals surface area contributed by atoms with Gasteiger partial charge in [0, 0.05) is 21.9 Å². The molecule has 0 aliphatic heterocycles. The van der Waals surface area contributed by atoms with Crippen LogP contribution in [-0.2, 0) is 0 Å². The Morgan fingerprint density at radius 1 is 0.644 bits per heavy atom. The van der Waals surface area contributed by atoms with E-state index in [-0.39, 0.29) is 54.7 Å². The van der Waals surface area contributed by atoms with E-state index in [0.717, 1.165) is 29.6 Å². The third-order valence-electron chi connectivity index (χ3n) is 5.78. The molecule has 4 aromatic rings. The summed E-state index contributed by atoms with van der Waals surface area (Å²) in [4.78, 5) is 23.4. The van der Waals surface area contributed by atoms with Gasteiger partial charge in [-0.25, -0.2) is 9.59 Å². The molecule has 12 nitrogen and oxygen atoms in total. The van der Waals surface area contributed by atoms with Gasteiger partial charge in [0.05, 0.1) is 39.2 Å². The number of hydrogen-bond acceptors (Lipinski definition) is 12. The van der Waals surface area contributed by atoms with Crippen LogP contribution in [0.1, 0.15) is 43.0 Å². The molecule has 5 N–H and O–H groups in total. The third-order valence-corrected chi connectivity index (χ3v) is 8.05. The minimum atomic E-state index is -1.06. The van der Waals surface area contributed by atoms with Crippen LogP contribution in [0.2, 0.25) is 0 Å². The average Bonchev–Trinajstić information content (AvgIpc) is 3.04. The Balaban J connectivity index is 0.000000246. The maximum Gasteiger partial charge on any atom is 0.335 e. The smallest absolute Gasteiger partial charge is 0.335 e. The van der Waals surface area contributed by atoms with E-state index in [9.17, 15) is 35.4 Å². The molecule has 0 atom stereocenters. The van der Waals surface area contributed by atoms with E-state index in [0.29, 0.717) is 9.79 Å². The molecule has 0 radical (unpaired) electrons. The summed E-state index contributed by atoms with van der Waals surface area (Å²) in [5.41, 5.74) is 0.201. The lowest BCUT2D eigenvalue weighted by Crippen LogP contribution is -1.95. The van der Waals surface area contributed by atoms with Crippen molar-refractivity contribution < 1.29 is 39.9 Å².